The number of hydrogen-bond donors (Lipinski definition) is 3. The average Bonchev–Trinajstić information content (AvgIpc) is 3.23. The minimum absolute atomic E-state index is 0.0479. The minimum atomic E-state index is -0.573. The number of aryl methyl sites for hydroxylation is 1. The molecule has 2 aromatic carbocycles. The predicted octanol–water partition coefficient (Wildman–Crippen LogP) is 4.38. The van der Waals surface area contributed by atoms with Crippen LogP contribution in [0, 0.1) is 5.82 Å². The molecule has 0 saturated heterocycles. The second-order valence-corrected chi connectivity index (χ2v) is 7.90. The van der Waals surface area contributed by atoms with Crippen LogP contribution in [0.5, 0.6) is 5.75 Å². The summed E-state index contributed by atoms with van der Waals surface area (Å²) in [5.74, 6) is 0.387. The van der Waals surface area contributed by atoms with Gasteiger partial charge >= 0.3 is 0 Å². The first-order valence-electron chi connectivity index (χ1n) is 10.9. The molecule has 176 valence electrons. The molecule has 9 nitrogen and oxygen atoms in total. The van der Waals surface area contributed by atoms with E-state index in [1.54, 1.807) is 30.1 Å². The molecule has 0 aliphatic heterocycles. The molecule has 10 heteroatoms. The van der Waals surface area contributed by atoms with Crippen molar-refractivity contribution in [1.82, 2.24) is 25.1 Å². The fraction of sp³-hybridized carbons (Fsp3) is 0.250. The standard InChI is InChI=1S/C24H26FN7O2/c1-15(2)34-19-8-6-17(7-9-19)29-23-20(25)14-27-24(31-23)30-18-5-4-16-13-28-32(21(16)12-18)11-10-22(33)26-3/h4-9,12-15H,10-11H2,1-3H3,(H,26,33)(H2,27,29,30,31). The summed E-state index contributed by atoms with van der Waals surface area (Å²) in [6.45, 7) is 4.36. The maximum atomic E-state index is 14.4. The lowest BCUT2D eigenvalue weighted by molar-refractivity contribution is -0.120. The van der Waals surface area contributed by atoms with E-state index >= 15 is 0 Å². The molecule has 0 radical (unpaired) electrons. The second kappa shape index (κ2) is 10.2. The monoisotopic (exact) mass is 463 g/mol. The molecule has 0 atom stereocenters. The number of halogens is 1. The molecular weight excluding hydrogens is 437 g/mol. The van der Waals surface area contributed by atoms with Gasteiger partial charge in [0.15, 0.2) is 11.6 Å². The van der Waals surface area contributed by atoms with Crippen LogP contribution in [-0.4, -0.2) is 38.8 Å². The fourth-order valence-electron chi connectivity index (χ4n) is 3.33. The molecule has 4 aromatic rings. The van der Waals surface area contributed by atoms with E-state index in [4.69, 9.17) is 4.74 Å². The van der Waals surface area contributed by atoms with Crippen molar-refractivity contribution in [1.29, 1.82) is 0 Å². The van der Waals surface area contributed by atoms with Gasteiger partial charge in [-0.25, -0.2) is 9.37 Å². The molecule has 0 aliphatic rings. The number of aromatic nitrogens is 4. The van der Waals surface area contributed by atoms with Crippen molar-refractivity contribution in [3.05, 3.63) is 60.7 Å². The van der Waals surface area contributed by atoms with Crippen LogP contribution in [0.4, 0.5) is 27.5 Å². The van der Waals surface area contributed by atoms with Crippen molar-refractivity contribution in [2.75, 3.05) is 17.7 Å². The number of nitrogens with one attached hydrogen (secondary N) is 3. The van der Waals surface area contributed by atoms with Gasteiger partial charge in [0.25, 0.3) is 0 Å². The first-order valence-corrected chi connectivity index (χ1v) is 10.9. The number of amides is 1. The van der Waals surface area contributed by atoms with E-state index in [-0.39, 0.29) is 23.8 Å². The quantitative estimate of drug-likeness (QED) is 0.338. The van der Waals surface area contributed by atoms with Gasteiger partial charge in [0.2, 0.25) is 11.9 Å². The molecule has 34 heavy (non-hydrogen) atoms. The highest BCUT2D eigenvalue weighted by atomic mass is 19.1. The van der Waals surface area contributed by atoms with Crippen molar-refractivity contribution in [3.8, 4) is 5.75 Å². The summed E-state index contributed by atoms with van der Waals surface area (Å²) in [5, 5.41) is 14.0. The van der Waals surface area contributed by atoms with Gasteiger partial charge in [-0.15, -0.1) is 0 Å². The molecule has 2 aromatic heterocycles. The van der Waals surface area contributed by atoms with Crippen LogP contribution < -0.4 is 20.7 Å². The van der Waals surface area contributed by atoms with Gasteiger partial charge in [-0.3, -0.25) is 9.48 Å². The van der Waals surface area contributed by atoms with Crippen molar-refractivity contribution in [2.24, 2.45) is 0 Å². The lowest BCUT2D eigenvalue weighted by Crippen LogP contribution is -2.19. The molecule has 0 fully saturated rings. The molecule has 2 heterocycles. The van der Waals surface area contributed by atoms with E-state index in [1.165, 1.54) is 0 Å². The number of hydrogen-bond acceptors (Lipinski definition) is 7. The number of ether oxygens (including phenoxy) is 1. The number of rotatable bonds is 9. The van der Waals surface area contributed by atoms with E-state index < -0.39 is 5.82 Å². The Hall–Kier alpha value is -4.21. The Labute approximate surface area is 196 Å². The van der Waals surface area contributed by atoms with Crippen LogP contribution in [-0.2, 0) is 11.3 Å². The summed E-state index contributed by atoms with van der Waals surface area (Å²) < 4.78 is 21.8. The van der Waals surface area contributed by atoms with Gasteiger partial charge in [-0.2, -0.15) is 10.1 Å². The Bertz CT molecular complexity index is 1290. The molecular formula is C24H26FN7O2. The van der Waals surface area contributed by atoms with Gasteiger partial charge in [0.05, 0.1) is 30.6 Å². The first-order chi connectivity index (χ1) is 16.4. The van der Waals surface area contributed by atoms with Crippen LogP contribution in [0.1, 0.15) is 20.3 Å². The molecule has 0 saturated carbocycles. The highest BCUT2D eigenvalue weighted by Gasteiger charge is 2.10. The Balaban J connectivity index is 1.50. The third-order valence-electron chi connectivity index (χ3n) is 4.96. The molecule has 4 rings (SSSR count). The molecule has 0 spiro atoms. The van der Waals surface area contributed by atoms with E-state index in [1.807, 2.05) is 44.2 Å². The summed E-state index contributed by atoms with van der Waals surface area (Å²) in [6.07, 6.45) is 3.25. The van der Waals surface area contributed by atoms with Gasteiger partial charge in [0, 0.05) is 30.2 Å². The minimum Gasteiger partial charge on any atom is -0.491 e. The highest BCUT2D eigenvalue weighted by molar-refractivity contribution is 5.83. The Kier molecular flexibility index (Phi) is 6.86. The smallest absolute Gasteiger partial charge is 0.229 e. The van der Waals surface area contributed by atoms with E-state index in [2.05, 4.69) is 31.0 Å². The van der Waals surface area contributed by atoms with Crippen LogP contribution in [0.15, 0.2) is 54.9 Å². The van der Waals surface area contributed by atoms with Crippen molar-refractivity contribution in [3.63, 3.8) is 0 Å². The number of fused-ring (bicyclic) bond motifs is 1. The van der Waals surface area contributed by atoms with Gasteiger partial charge in [-0.05, 0) is 56.3 Å². The number of benzene rings is 2. The number of anilines is 4. The van der Waals surface area contributed by atoms with Crippen LogP contribution in [0.25, 0.3) is 10.9 Å². The van der Waals surface area contributed by atoms with E-state index in [9.17, 15) is 9.18 Å². The van der Waals surface area contributed by atoms with E-state index in [0.29, 0.717) is 24.3 Å². The molecule has 1 amide bonds. The number of carbonyl (C=O) groups is 1. The summed E-state index contributed by atoms with van der Waals surface area (Å²) in [7, 11) is 1.60. The summed E-state index contributed by atoms with van der Waals surface area (Å²) >= 11 is 0. The molecule has 0 aliphatic carbocycles. The van der Waals surface area contributed by atoms with Gasteiger partial charge < -0.3 is 20.7 Å². The molecule has 0 unspecified atom stereocenters. The third-order valence-corrected chi connectivity index (χ3v) is 4.96. The largest absolute Gasteiger partial charge is 0.491 e. The maximum absolute atomic E-state index is 14.4. The van der Waals surface area contributed by atoms with Crippen molar-refractivity contribution >= 4 is 40.0 Å². The number of carbonyl (C=O) groups excluding carboxylic acids is 1. The van der Waals surface area contributed by atoms with Crippen LogP contribution >= 0.6 is 0 Å². The summed E-state index contributed by atoms with van der Waals surface area (Å²) in [5.41, 5.74) is 2.24. The van der Waals surface area contributed by atoms with Crippen molar-refractivity contribution in [2.45, 2.75) is 32.9 Å². The fourth-order valence-corrected chi connectivity index (χ4v) is 3.33. The lowest BCUT2D eigenvalue weighted by atomic mass is 10.2. The Morgan fingerprint density at radius 2 is 1.85 bits per heavy atom. The zero-order chi connectivity index (χ0) is 24.1. The van der Waals surface area contributed by atoms with Gasteiger partial charge in [0.1, 0.15) is 5.75 Å². The van der Waals surface area contributed by atoms with Crippen LogP contribution in [0.2, 0.25) is 0 Å². The first kappa shape index (κ1) is 23.0. The molecule has 0 bridgehead atoms. The Morgan fingerprint density at radius 1 is 1.09 bits per heavy atom. The van der Waals surface area contributed by atoms with Crippen molar-refractivity contribution < 1.29 is 13.9 Å². The van der Waals surface area contributed by atoms with Crippen LogP contribution in [0.3, 0.4) is 0 Å². The van der Waals surface area contributed by atoms with Gasteiger partial charge in [-0.1, -0.05) is 0 Å². The summed E-state index contributed by atoms with van der Waals surface area (Å²) in [6, 6.07) is 12.9. The zero-order valence-electron chi connectivity index (χ0n) is 19.2. The highest BCUT2D eigenvalue weighted by Crippen LogP contribution is 2.24. The normalized spacial score (nSPS) is 11.0. The molecule has 3 N–H and O–H groups in total. The zero-order valence-corrected chi connectivity index (χ0v) is 19.2. The lowest BCUT2D eigenvalue weighted by Gasteiger charge is -2.12. The Morgan fingerprint density at radius 3 is 2.59 bits per heavy atom. The summed E-state index contributed by atoms with van der Waals surface area (Å²) in [4.78, 5) is 19.9. The second-order valence-electron chi connectivity index (χ2n) is 7.90. The SMILES string of the molecule is CNC(=O)CCn1ncc2ccc(Nc3ncc(F)c(Nc4ccc(OC(C)C)cc4)n3)cc21. The van der Waals surface area contributed by atoms with E-state index in [0.717, 1.165) is 22.8 Å². The average molecular weight is 464 g/mol. The predicted molar refractivity (Wildman–Crippen MR) is 129 cm³/mol. The third kappa shape index (κ3) is 5.58. The topological polar surface area (TPSA) is 106 Å². The number of nitrogens with zero attached hydrogens (tertiary/aromatic N) is 4. The maximum Gasteiger partial charge on any atom is 0.229 e.